The maximum atomic E-state index is 5.77. The number of aliphatic imine (C=N–C) groups is 1. The molecule has 4 heteroatoms. The van der Waals surface area contributed by atoms with E-state index in [1.807, 2.05) is 20.1 Å². The maximum absolute atomic E-state index is 5.77. The molecule has 0 aliphatic carbocycles. The molecule has 1 aromatic rings. The number of benzene rings is 1. The van der Waals surface area contributed by atoms with Crippen molar-refractivity contribution in [2.75, 3.05) is 13.2 Å². The zero-order valence-corrected chi connectivity index (χ0v) is 14.1. The van der Waals surface area contributed by atoms with Gasteiger partial charge < -0.3 is 8.85 Å². The van der Waals surface area contributed by atoms with Crippen molar-refractivity contribution >= 4 is 15.5 Å². The monoisotopic (exact) mass is 292 g/mol. The molecule has 0 aliphatic rings. The fraction of sp³-hybridized carbons (Fsp3) is 0.562. The van der Waals surface area contributed by atoms with Crippen LogP contribution in [0.4, 0.5) is 0 Å². The summed E-state index contributed by atoms with van der Waals surface area (Å²) in [6.07, 6.45) is 4.04. The van der Waals surface area contributed by atoms with Crippen molar-refractivity contribution in [3.05, 3.63) is 35.4 Å². The quantitative estimate of drug-likeness (QED) is 0.513. The summed E-state index contributed by atoms with van der Waals surface area (Å²) in [7, 11) is -1.32. The van der Waals surface area contributed by atoms with Gasteiger partial charge in [0.15, 0.2) is 0 Å². The molecule has 0 aromatic heterocycles. The molecule has 0 bridgehead atoms. The van der Waals surface area contributed by atoms with E-state index < -0.39 is 9.28 Å². The lowest BCUT2D eigenvalue weighted by Gasteiger charge is -2.19. The van der Waals surface area contributed by atoms with E-state index in [1.54, 1.807) is 0 Å². The van der Waals surface area contributed by atoms with Gasteiger partial charge in [-0.15, -0.1) is 0 Å². The summed E-state index contributed by atoms with van der Waals surface area (Å²) < 4.78 is 11.5. The fourth-order valence-electron chi connectivity index (χ4n) is 1.87. The molecule has 0 saturated heterocycles. The third kappa shape index (κ3) is 5.99. The van der Waals surface area contributed by atoms with E-state index in [-0.39, 0.29) is 5.67 Å². The molecule has 1 unspecified atom stereocenters. The molecule has 1 aromatic carbocycles. The van der Waals surface area contributed by atoms with E-state index >= 15 is 0 Å². The third-order valence-corrected chi connectivity index (χ3v) is 5.02. The van der Waals surface area contributed by atoms with Crippen molar-refractivity contribution in [2.24, 2.45) is 4.99 Å². The fourth-order valence-corrected chi connectivity index (χ4v) is 3.63. The highest BCUT2D eigenvalue weighted by atomic mass is 28.3. The third-order valence-electron chi connectivity index (χ3n) is 2.89. The van der Waals surface area contributed by atoms with E-state index in [9.17, 15) is 0 Å². The zero-order valence-electron chi connectivity index (χ0n) is 13.1. The Morgan fingerprint density at radius 1 is 1.10 bits per heavy atom. The van der Waals surface area contributed by atoms with Crippen LogP contribution in [0, 0.1) is 6.92 Å². The van der Waals surface area contributed by atoms with E-state index in [2.05, 4.69) is 38.1 Å². The van der Waals surface area contributed by atoms with E-state index in [0.29, 0.717) is 13.2 Å². The predicted molar refractivity (Wildman–Crippen MR) is 86.5 cm³/mol. The summed E-state index contributed by atoms with van der Waals surface area (Å²) >= 11 is 0. The van der Waals surface area contributed by atoms with Crippen LogP contribution in [0.25, 0.3) is 0 Å². The first-order valence-corrected chi connectivity index (χ1v) is 8.82. The van der Waals surface area contributed by atoms with Gasteiger partial charge in [0.05, 0.1) is 5.67 Å². The van der Waals surface area contributed by atoms with Crippen LogP contribution in [0.2, 0.25) is 0 Å². The lowest BCUT2D eigenvalue weighted by atomic mass is 10.2. The standard InChI is InChI=1S/C16H26NO2Si/c1-5-8-16(20(18-6-2)19-7-3)17-13-15-11-9-14(4)10-12-15/h9-13,16H,5-8H2,1-4H3. The van der Waals surface area contributed by atoms with Crippen molar-refractivity contribution < 1.29 is 8.85 Å². The number of aryl methyl sites for hydroxylation is 1. The smallest absolute Gasteiger partial charge is 0.392 e. The van der Waals surface area contributed by atoms with Crippen LogP contribution in [0.15, 0.2) is 29.3 Å². The van der Waals surface area contributed by atoms with Gasteiger partial charge in [0.2, 0.25) is 0 Å². The van der Waals surface area contributed by atoms with Crippen LogP contribution in [0.1, 0.15) is 44.7 Å². The van der Waals surface area contributed by atoms with Crippen molar-refractivity contribution in [3.8, 4) is 0 Å². The normalized spacial score (nSPS) is 13.2. The van der Waals surface area contributed by atoms with Gasteiger partial charge >= 0.3 is 9.28 Å². The van der Waals surface area contributed by atoms with Crippen LogP contribution in [0.5, 0.6) is 0 Å². The SMILES string of the molecule is CCCC(N=Cc1ccc(C)cc1)[Si](OCC)OCC. The summed E-state index contributed by atoms with van der Waals surface area (Å²) in [4.78, 5) is 4.72. The second-order valence-corrected chi connectivity index (χ2v) is 6.56. The molecule has 3 nitrogen and oxygen atoms in total. The lowest BCUT2D eigenvalue weighted by Crippen LogP contribution is -2.36. The maximum Gasteiger partial charge on any atom is 0.411 e. The lowest BCUT2D eigenvalue weighted by molar-refractivity contribution is 0.203. The van der Waals surface area contributed by atoms with Crippen molar-refractivity contribution in [3.63, 3.8) is 0 Å². The molecule has 1 radical (unpaired) electrons. The molecule has 0 fully saturated rings. The van der Waals surface area contributed by atoms with E-state index in [4.69, 9.17) is 13.8 Å². The largest absolute Gasteiger partial charge is 0.411 e. The summed E-state index contributed by atoms with van der Waals surface area (Å²) in [6.45, 7) is 9.66. The summed E-state index contributed by atoms with van der Waals surface area (Å²) in [5, 5.41) is 0. The second-order valence-electron chi connectivity index (χ2n) is 4.68. The van der Waals surface area contributed by atoms with Gasteiger partial charge in [0.1, 0.15) is 0 Å². The predicted octanol–water partition coefficient (Wildman–Crippen LogP) is 3.68. The molecule has 0 heterocycles. The minimum absolute atomic E-state index is 0.159. The average molecular weight is 292 g/mol. The number of rotatable bonds is 9. The Hall–Kier alpha value is -0.973. The first kappa shape index (κ1) is 17.1. The summed E-state index contributed by atoms with van der Waals surface area (Å²) in [5.74, 6) is 0. The van der Waals surface area contributed by atoms with E-state index in [1.165, 1.54) is 5.56 Å². The highest BCUT2D eigenvalue weighted by Crippen LogP contribution is 2.10. The summed E-state index contributed by atoms with van der Waals surface area (Å²) in [6, 6.07) is 8.39. The highest BCUT2D eigenvalue weighted by molar-refractivity contribution is 6.46. The van der Waals surface area contributed by atoms with Gasteiger partial charge in [-0.2, -0.15) is 0 Å². The zero-order chi connectivity index (χ0) is 14.8. The molecular formula is C16H26NO2Si. The highest BCUT2D eigenvalue weighted by Gasteiger charge is 2.26. The van der Waals surface area contributed by atoms with Crippen LogP contribution in [-0.4, -0.2) is 34.4 Å². The number of hydrogen-bond acceptors (Lipinski definition) is 3. The van der Waals surface area contributed by atoms with Crippen LogP contribution < -0.4 is 0 Å². The first-order chi connectivity index (χ1) is 9.71. The molecule has 111 valence electrons. The molecule has 0 spiro atoms. The van der Waals surface area contributed by atoms with E-state index in [0.717, 1.165) is 18.4 Å². The molecule has 0 aliphatic heterocycles. The Labute approximate surface area is 124 Å². The van der Waals surface area contributed by atoms with Crippen LogP contribution >= 0.6 is 0 Å². The van der Waals surface area contributed by atoms with Gasteiger partial charge in [-0.1, -0.05) is 43.2 Å². The Morgan fingerprint density at radius 2 is 1.70 bits per heavy atom. The van der Waals surface area contributed by atoms with Gasteiger partial charge in [0, 0.05) is 19.4 Å². The molecule has 20 heavy (non-hydrogen) atoms. The average Bonchev–Trinajstić information content (AvgIpc) is 2.45. The molecule has 0 amide bonds. The molecular weight excluding hydrogens is 266 g/mol. The van der Waals surface area contributed by atoms with Crippen molar-refractivity contribution in [2.45, 2.75) is 46.2 Å². The Bertz CT molecular complexity index is 386. The van der Waals surface area contributed by atoms with Crippen LogP contribution in [-0.2, 0) is 8.85 Å². The van der Waals surface area contributed by atoms with Gasteiger partial charge in [-0.05, 0) is 32.8 Å². The van der Waals surface area contributed by atoms with Crippen molar-refractivity contribution in [1.29, 1.82) is 0 Å². The first-order valence-electron chi connectivity index (χ1n) is 7.43. The molecule has 1 atom stereocenters. The van der Waals surface area contributed by atoms with Crippen LogP contribution in [0.3, 0.4) is 0 Å². The molecule has 0 saturated carbocycles. The Balaban J connectivity index is 2.75. The molecule has 1 rings (SSSR count). The number of hydrogen-bond donors (Lipinski definition) is 0. The minimum Gasteiger partial charge on any atom is -0.392 e. The second kappa shape index (κ2) is 9.86. The topological polar surface area (TPSA) is 30.8 Å². The van der Waals surface area contributed by atoms with Gasteiger partial charge in [-0.25, -0.2) is 0 Å². The Kier molecular flexibility index (Phi) is 8.42. The summed E-state index contributed by atoms with van der Waals surface area (Å²) in [5.41, 5.74) is 2.55. The number of nitrogens with zero attached hydrogens (tertiary/aromatic N) is 1. The molecule has 0 N–H and O–H groups in total. The van der Waals surface area contributed by atoms with Crippen molar-refractivity contribution in [1.82, 2.24) is 0 Å². The minimum atomic E-state index is -1.32. The van der Waals surface area contributed by atoms with Gasteiger partial charge in [0.25, 0.3) is 0 Å². The Morgan fingerprint density at radius 3 is 2.20 bits per heavy atom. The van der Waals surface area contributed by atoms with Gasteiger partial charge in [-0.3, -0.25) is 4.99 Å².